The van der Waals surface area contributed by atoms with Crippen LogP contribution in [0.2, 0.25) is 24.2 Å². The van der Waals surface area contributed by atoms with Crippen molar-refractivity contribution in [3.05, 3.63) is 34.9 Å². The molecule has 0 aliphatic heterocycles. The van der Waals surface area contributed by atoms with E-state index in [0.29, 0.717) is 5.04 Å². The van der Waals surface area contributed by atoms with Crippen molar-refractivity contribution in [2.24, 2.45) is 0 Å². The van der Waals surface area contributed by atoms with E-state index < -0.39 is 8.07 Å². The highest BCUT2D eigenvalue weighted by molar-refractivity contribution is 6.81. The van der Waals surface area contributed by atoms with Crippen LogP contribution >= 0.6 is 0 Å². The predicted molar refractivity (Wildman–Crippen MR) is 82.2 cm³/mol. The molecule has 17 heavy (non-hydrogen) atoms. The van der Waals surface area contributed by atoms with E-state index in [1.54, 1.807) is 11.1 Å². The van der Waals surface area contributed by atoms with E-state index in [-0.39, 0.29) is 0 Å². The fraction of sp³-hybridized carbons (Fsp3) is 0.625. The van der Waals surface area contributed by atoms with Crippen LogP contribution < -0.4 is 0 Å². The van der Waals surface area contributed by atoms with Crippen molar-refractivity contribution in [1.82, 2.24) is 0 Å². The molecule has 0 aromatic heterocycles. The molecule has 0 N–H and O–H groups in total. The minimum Gasteiger partial charge on any atom is -0.103 e. The summed E-state index contributed by atoms with van der Waals surface area (Å²) in [5, 5.41) is 0.351. The van der Waals surface area contributed by atoms with Gasteiger partial charge < -0.3 is 0 Å². The van der Waals surface area contributed by atoms with Crippen LogP contribution in [0.15, 0.2) is 34.9 Å². The Morgan fingerprint density at radius 2 is 1.47 bits per heavy atom. The minimum atomic E-state index is -1.31. The molecule has 1 heteroatoms. The van der Waals surface area contributed by atoms with Gasteiger partial charge in [-0.2, -0.15) is 0 Å². The molecule has 0 saturated carbocycles. The summed E-state index contributed by atoms with van der Waals surface area (Å²) in [7, 11) is -1.31. The Morgan fingerprint density at radius 1 is 1.06 bits per heavy atom. The van der Waals surface area contributed by atoms with Gasteiger partial charge in [0.05, 0.1) is 8.07 Å². The molecule has 0 radical (unpaired) electrons. The molecule has 1 aliphatic carbocycles. The summed E-state index contributed by atoms with van der Waals surface area (Å²) in [4.78, 5) is 0. The van der Waals surface area contributed by atoms with Gasteiger partial charge in [0, 0.05) is 5.04 Å². The second kappa shape index (κ2) is 4.60. The van der Waals surface area contributed by atoms with Gasteiger partial charge in [-0.05, 0) is 45.3 Å². The van der Waals surface area contributed by atoms with Crippen LogP contribution in [-0.4, -0.2) is 8.07 Å². The normalized spacial score (nSPS) is 20.2. The van der Waals surface area contributed by atoms with Gasteiger partial charge in [-0.25, -0.2) is 0 Å². The summed E-state index contributed by atoms with van der Waals surface area (Å²) in [6, 6.07) is 1.34. The Bertz CT molecular complexity index is 370. The third-order valence-electron chi connectivity index (χ3n) is 5.51. The van der Waals surface area contributed by atoms with Gasteiger partial charge in [-0.15, -0.1) is 6.58 Å². The van der Waals surface area contributed by atoms with Gasteiger partial charge in [-0.3, -0.25) is 0 Å². The number of rotatable bonds is 4. The van der Waals surface area contributed by atoms with Crippen molar-refractivity contribution < 1.29 is 0 Å². The Morgan fingerprint density at radius 3 is 1.82 bits per heavy atom. The molecule has 0 spiro atoms. The second-order valence-electron chi connectivity index (χ2n) is 6.34. The Balaban J connectivity index is 3.24. The average molecular weight is 248 g/mol. The fourth-order valence-electron chi connectivity index (χ4n) is 3.32. The molecule has 0 bridgehead atoms. The highest BCUT2D eigenvalue weighted by Crippen LogP contribution is 2.59. The SMILES string of the molecule is C=CCC[Si](C)(C)C1(C)C(C)=C(C)C(C)=C1C. The van der Waals surface area contributed by atoms with Crippen LogP contribution in [0.3, 0.4) is 0 Å². The van der Waals surface area contributed by atoms with E-state index in [2.05, 4.69) is 60.4 Å². The Labute approximate surface area is 109 Å². The third kappa shape index (κ3) is 1.99. The molecular weight excluding hydrogens is 220 g/mol. The molecule has 0 heterocycles. The zero-order valence-corrected chi connectivity index (χ0v) is 13.7. The maximum atomic E-state index is 3.88. The molecule has 0 nitrogen and oxygen atoms in total. The zero-order valence-electron chi connectivity index (χ0n) is 12.7. The van der Waals surface area contributed by atoms with Crippen molar-refractivity contribution in [2.45, 2.75) is 65.2 Å². The molecule has 0 aromatic carbocycles. The van der Waals surface area contributed by atoms with Gasteiger partial charge in [0.2, 0.25) is 0 Å². The lowest BCUT2D eigenvalue weighted by Crippen LogP contribution is -2.41. The molecule has 0 unspecified atom stereocenters. The first-order valence-electron chi connectivity index (χ1n) is 6.67. The van der Waals surface area contributed by atoms with Crippen molar-refractivity contribution in [1.29, 1.82) is 0 Å². The number of hydrogen-bond acceptors (Lipinski definition) is 0. The summed E-state index contributed by atoms with van der Waals surface area (Å²) in [5.74, 6) is 0. The maximum absolute atomic E-state index is 3.88. The first-order chi connectivity index (χ1) is 7.70. The van der Waals surface area contributed by atoms with Gasteiger partial charge >= 0.3 is 0 Å². The molecule has 1 aliphatic rings. The Hall–Kier alpha value is -0.563. The van der Waals surface area contributed by atoms with E-state index in [0.717, 1.165) is 6.42 Å². The predicted octanol–water partition coefficient (Wildman–Crippen LogP) is 5.72. The Kier molecular flexibility index (Phi) is 3.93. The third-order valence-corrected chi connectivity index (χ3v) is 10.5. The maximum Gasteiger partial charge on any atom is 0.0634 e. The smallest absolute Gasteiger partial charge is 0.0634 e. The molecule has 0 atom stereocenters. The standard InChI is InChI=1S/C16H28Si/c1-9-10-11-17(7,8)16(6)14(4)12(2)13(3)15(16)5/h9H,1,10-11H2,2-8H3. The van der Waals surface area contributed by atoms with Crippen molar-refractivity contribution in [2.75, 3.05) is 0 Å². The number of allylic oxidation sites excluding steroid dienone is 5. The van der Waals surface area contributed by atoms with Gasteiger partial charge in [0.25, 0.3) is 0 Å². The van der Waals surface area contributed by atoms with E-state index in [1.807, 2.05) is 0 Å². The number of hydrogen-bond donors (Lipinski definition) is 0. The second-order valence-corrected chi connectivity index (χ2v) is 11.6. The largest absolute Gasteiger partial charge is 0.103 e. The summed E-state index contributed by atoms with van der Waals surface area (Å²) in [6.45, 7) is 20.7. The zero-order chi connectivity index (χ0) is 13.4. The van der Waals surface area contributed by atoms with Crippen LogP contribution in [0.5, 0.6) is 0 Å². The van der Waals surface area contributed by atoms with Crippen LogP contribution in [0.1, 0.15) is 41.0 Å². The van der Waals surface area contributed by atoms with Gasteiger partial charge in [0.15, 0.2) is 0 Å². The van der Waals surface area contributed by atoms with Crippen LogP contribution in [0, 0.1) is 0 Å². The molecule has 0 fully saturated rings. The minimum absolute atomic E-state index is 0.351. The quantitative estimate of drug-likeness (QED) is 0.441. The molecular formula is C16H28Si. The van der Waals surface area contributed by atoms with Crippen LogP contribution in [0.4, 0.5) is 0 Å². The van der Waals surface area contributed by atoms with Crippen molar-refractivity contribution >= 4 is 8.07 Å². The highest BCUT2D eigenvalue weighted by Gasteiger charge is 2.48. The monoisotopic (exact) mass is 248 g/mol. The topological polar surface area (TPSA) is 0 Å². The molecule has 1 rings (SSSR count). The molecule has 0 amide bonds. The van der Waals surface area contributed by atoms with Crippen molar-refractivity contribution in [3.8, 4) is 0 Å². The molecule has 0 saturated heterocycles. The van der Waals surface area contributed by atoms with E-state index in [9.17, 15) is 0 Å². The molecule has 0 aromatic rings. The van der Waals surface area contributed by atoms with E-state index >= 15 is 0 Å². The van der Waals surface area contributed by atoms with Crippen molar-refractivity contribution in [3.63, 3.8) is 0 Å². The molecule has 96 valence electrons. The summed E-state index contributed by atoms with van der Waals surface area (Å²) < 4.78 is 0. The summed E-state index contributed by atoms with van der Waals surface area (Å²) >= 11 is 0. The summed E-state index contributed by atoms with van der Waals surface area (Å²) in [5.41, 5.74) is 6.30. The van der Waals surface area contributed by atoms with Gasteiger partial charge in [-0.1, -0.05) is 43.3 Å². The van der Waals surface area contributed by atoms with E-state index in [4.69, 9.17) is 0 Å². The fourth-order valence-corrected chi connectivity index (χ4v) is 7.15. The first kappa shape index (κ1) is 14.5. The lowest BCUT2D eigenvalue weighted by atomic mass is 9.98. The van der Waals surface area contributed by atoms with Gasteiger partial charge in [0.1, 0.15) is 0 Å². The van der Waals surface area contributed by atoms with E-state index in [1.165, 1.54) is 17.2 Å². The summed E-state index contributed by atoms with van der Waals surface area (Å²) in [6.07, 6.45) is 3.23. The van der Waals surface area contributed by atoms with Crippen LogP contribution in [0.25, 0.3) is 0 Å². The first-order valence-corrected chi connectivity index (χ1v) is 9.88. The lowest BCUT2D eigenvalue weighted by Gasteiger charge is -2.43. The van der Waals surface area contributed by atoms with Crippen LogP contribution in [-0.2, 0) is 0 Å². The highest BCUT2D eigenvalue weighted by atomic mass is 28.3. The lowest BCUT2D eigenvalue weighted by molar-refractivity contribution is 0.783. The average Bonchev–Trinajstić information content (AvgIpc) is 2.43.